The number of carbonyl (C=O) groups is 1. The fraction of sp³-hybridized carbons (Fsp3) is 0.0588. The van der Waals surface area contributed by atoms with E-state index in [-0.39, 0.29) is 22.7 Å². The highest BCUT2D eigenvalue weighted by Gasteiger charge is 2.20. The number of nitrogens with zero attached hydrogens (tertiary/aromatic N) is 3. The lowest BCUT2D eigenvalue weighted by Gasteiger charge is -2.05. The summed E-state index contributed by atoms with van der Waals surface area (Å²) >= 11 is 0. The Morgan fingerprint density at radius 3 is 2.60 bits per heavy atom. The topological polar surface area (TPSA) is 120 Å². The third-order valence-electron chi connectivity index (χ3n) is 3.80. The zero-order valence-corrected chi connectivity index (χ0v) is 13.2. The molecule has 8 heteroatoms. The van der Waals surface area contributed by atoms with Crippen LogP contribution in [0.4, 0.5) is 0 Å². The zero-order chi connectivity index (χ0) is 17.6. The predicted octanol–water partition coefficient (Wildman–Crippen LogP) is 1.78. The number of rotatable bonds is 3. The molecule has 25 heavy (non-hydrogen) atoms. The molecule has 0 saturated heterocycles. The number of aromatic nitrogens is 4. The van der Waals surface area contributed by atoms with Gasteiger partial charge in [0.1, 0.15) is 5.52 Å². The Hall–Kier alpha value is -3.68. The first-order chi connectivity index (χ1) is 12.0. The molecule has 0 unspecified atom stereocenters. The van der Waals surface area contributed by atoms with Crippen LogP contribution in [-0.2, 0) is 0 Å². The van der Waals surface area contributed by atoms with Crippen LogP contribution in [0.5, 0.6) is 0 Å². The number of hydrogen-bond donors (Lipinski definition) is 2. The van der Waals surface area contributed by atoms with E-state index in [0.717, 1.165) is 5.56 Å². The Labute approximate surface area is 140 Å². The Morgan fingerprint density at radius 1 is 1.20 bits per heavy atom. The second-order valence-electron chi connectivity index (χ2n) is 5.54. The van der Waals surface area contributed by atoms with Gasteiger partial charge in [0, 0.05) is 0 Å². The lowest BCUT2D eigenvalue weighted by atomic mass is 10.2. The molecule has 8 nitrogen and oxygen atoms in total. The van der Waals surface area contributed by atoms with E-state index in [4.69, 9.17) is 10.2 Å². The van der Waals surface area contributed by atoms with E-state index in [2.05, 4.69) is 15.0 Å². The number of nitrogens with two attached hydrogens (primary N) is 1. The van der Waals surface area contributed by atoms with E-state index in [1.54, 1.807) is 24.3 Å². The normalized spacial score (nSPS) is 11.1. The maximum absolute atomic E-state index is 12.5. The van der Waals surface area contributed by atoms with E-state index >= 15 is 0 Å². The number of hydrogen-bond acceptors (Lipinski definition) is 5. The van der Waals surface area contributed by atoms with Crippen LogP contribution in [0.25, 0.3) is 28.4 Å². The summed E-state index contributed by atoms with van der Waals surface area (Å²) in [7, 11) is 0. The van der Waals surface area contributed by atoms with Crippen LogP contribution in [0, 0.1) is 6.92 Å². The maximum Gasteiger partial charge on any atom is 0.332 e. The number of fused-ring (bicyclic) bond motifs is 1. The predicted molar refractivity (Wildman–Crippen MR) is 90.4 cm³/mol. The number of aromatic amines is 1. The number of H-pyrrole nitrogens is 1. The summed E-state index contributed by atoms with van der Waals surface area (Å²) in [6.07, 6.45) is 1.47. The lowest BCUT2D eigenvalue weighted by Crippen LogP contribution is -2.15. The first-order valence-electron chi connectivity index (χ1n) is 7.48. The van der Waals surface area contributed by atoms with E-state index < -0.39 is 11.6 Å². The van der Waals surface area contributed by atoms with Gasteiger partial charge in [-0.2, -0.15) is 0 Å². The van der Waals surface area contributed by atoms with Gasteiger partial charge in [-0.15, -0.1) is 0 Å². The summed E-state index contributed by atoms with van der Waals surface area (Å²) in [4.78, 5) is 35.4. The van der Waals surface area contributed by atoms with Crippen LogP contribution >= 0.6 is 0 Å². The van der Waals surface area contributed by atoms with E-state index in [0.29, 0.717) is 11.4 Å². The van der Waals surface area contributed by atoms with E-state index in [9.17, 15) is 9.59 Å². The Morgan fingerprint density at radius 2 is 1.96 bits per heavy atom. The average Bonchev–Trinajstić information content (AvgIpc) is 3.22. The van der Waals surface area contributed by atoms with Gasteiger partial charge >= 0.3 is 5.69 Å². The van der Waals surface area contributed by atoms with Crippen LogP contribution in [0.1, 0.15) is 16.1 Å². The number of primary amides is 1. The lowest BCUT2D eigenvalue weighted by molar-refractivity contribution is 0.0997. The summed E-state index contributed by atoms with van der Waals surface area (Å²) < 4.78 is 6.67. The Balaban J connectivity index is 2.07. The molecule has 0 bridgehead atoms. The summed E-state index contributed by atoms with van der Waals surface area (Å²) in [5.74, 6) is -0.225. The fourth-order valence-electron chi connectivity index (χ4n) is 2.61. The largest absolute Gasteiger partial charge is 0.461 e. The number of imidazole rings is 1. The van der Waals surface area contributed by atoms with Gasteiger partial charge in [-0.25, -0.2) is 19.3 Å². The molecular formula is C17H13N5O3. The molecule has 4 rings (SSSR count). The minimum atomic E-state index is -0.766. The van der Waals surface area contributed by atoms with Gasteiger partial charge in [0.2, 0.25) is 0 Å². The van der Waals surface area contributed by atoms with Gasteiger partial charge < -0.3 is 15.1 Å². The molecule has 0 saturated carbocycles. The molecule has 0 aliphatic carbocycles. The highest BCUT2D eigenvalue weighted by atomic mass is 16.3. The molecule has 0 atom stereocenters. The van der Waals surface area contributed by atoms with Crippen LogP contribution in [-0.4, -0.2) is 25.4 Å². The molecule has 124 valence electrons. The smallest absolute Gasteiger partial charge is 0.332 e. The first kappa shape index (κ1) is 14.9. The van der Waals surface area contributed by atoms with Crippen molar-refractivity contribution in [1.82, 2.24) is 19.5 Å². The Bertz CT molecular complexity index is 1140. The van der Waals surface area contributed by atoms with Gasteiger partial charge in [-0.1, -0.05) is 17.7 Å². The van der Waals surface area contributed by atoms with Crippen molar-refractivity contribution in [2.45, 2.75) is 6.92 Å². The summed E-state index contributed by atoms with van der Waals surface area (Å²) in [5, 5.41) is 0. The molecule has 4 aromatic rings. The first-order valence-corrected chi connectivity index (χ1v) is 7.48. The third-order valence-corrected chi connectivity index (χ3v) is 3.80. The molecule has 1 aromatic carbocycles. The maximum atomic E-state index is 12.5. The molecule has 0 spiro atoms. The van der Waals surface area contributed by atoms with Crippen molar-refractivity contribution in [3.05, 3.63) is 64.4 Å². The second kappa shape index (κ2) is 5.45. The molecule has 3 aromatic heterocycles. The number of amides is 1. The minimum Gasteiger partial charge on any atom is -0.461 e. The minimum absolute atomic E-state index is 0.0700. The second-order valence-corrected chi connectivity index (χ2v) is 5.54. The van der Waals surface area contributed by atoms with Crippen molar-refractivity contribution in [2.24, 2.45) is 5.73 Å². The van der Waals surface area contributed by atoms with Crippen molar-refractivity contribution in [3.8, 4) is 17.3 Å². The number of aryl methyl sites for hydroxylation is 1. The number of nitrogens with one attached hydrogen (secondary N) is 1. The molecule has 0 fully saturated rings. The van der Waals surface area contributed by atoms with Crippen molar-refractivity contribution in [1.29, 1.82) is 0 Å². The molecular weight excluding hydrogens is 322 g/mol. The van der Waals surface area contributed by atoms with Crippen LogP contribution < -0.4 is 11.4 Å². The Kier molecular flexibility index (Phi) is 3.24. The molecule has 3 N–H and O–H groups in total. The van der Waals surface area contributed by atoms with Gasteiger partial charge in [0.15, 0.2) is 22.9 Å². The van der Waals surface area contributed by atoms with Crippen molar-refractivity contribution in [2.75, 3.05) is 0 Å². The zero-order valence-electron chi connectivity index (χ0n) is 13.2. The standard InChI is InChI=1S/C17H13N5O3/c1-9-4-6-10(7-5-9)22-16-13(20-17(22)24)12(14(18)23)19-15(21-16)11-3-2-8-25-11/h2-8H,1H3,(H2,18,23)(H,20,24). The summed E-state index contributed by atoms with van der Waals surface area (Å²) in [5.41, 5.74) is 7.03. The quantitative estimate of drug-likeness (QED) is 0.591. The van der Waals surface area contributed by atoms with Crippen molar-refractivity contribution >= 4 is 17.1 Å². The van der Waals surface area contributed by atoms with Gasteiger partial charge in [-0.05, 0) is 31.2 Å². The molecule has 0 aliphatic rings. The number of benzene rings is 1. The average molecular weight is 335 g/mol. The van der Waals surface area contributed by atoms with E-state index in [1.165, 1.54) is 10.8 Å². The number of furan rings is 1. The fourth-order valence-corrected chi connectivity index (χ4v) is 2.61. The molecule has 0 radical (unpaired) electrons. The van der Waals surface area contributed by atoms with Gasteiger partial charge in [0.05, 0.1) is 12.0 Å². The van der Waals surface area contributed by atoms with Crippen LogP contribution in [0.15, 0.2) is 51.9 Å². The highest BCUT2D eigenvalue weighted by molar-refractivity contribution is 6.02. The molecule has 1 amide bonds. The van der Waals surface area contributed by atoms with Gasteiger partial charge in [-0.3, -0.25) is 4.79 Å². The van der Waals surface area contributed by atoms with Crippen molar-refractivity contribution in [3.63, 3.8) is 0 Å². The van der Waals surface area contributed by atoms with Gasteiger partial charge in [0.25, 0.3) is 5.91 Å². The monoisotopic (exact) mass is 335 g/mol. The summed E-state index contributed by atoms with van der Waals surface area (Å²) in [6.45, 7) is 1.95. The third kappa shape index (κ3) is 2.40. The van der Waals surface area contributed by atoms with Crippen LogP contribution in [0.3, 0.4) is 0 Å². The SMILES string of the molecule is Cc1ccc(-n2c(=O)[nH]c3c(C(N)=O)nc(-c4ccco4)nc32)cc1. The number of carbonyl (C=O) groups excluding carboxylic acids is 1. The molecule has 0 aliphatic heterocycles. The highest BCUT2D eigenvalue weighted by Crippen LogP contribution is 2.22. The summed E-state index contributed by atoms with van der Waals surface area (Å²) in [6, 6.07) is 10.7. The van der Waals surface area contributed by atoms with E-state index in [1.807, 2.05) is 19.1 Å². The van der Waals surface area contributed by atoms with Crippen LogP contribution in [0.2, 0.25) is 0 Å². The van der Waals surface area contributed by atoms with Crippen molar-refractivity contribution < 1.29 is 9.21 Å². The molecule has 3 heterocycles.